The van der Waals surface area contributed by atoms with Gasteiger partial charge in [0.15, 0.2) is 0 Å². The topological polar surface area (TPSA) is 9.86 Å². The number of fused-ring (bicyclic) bond motifs is 4. The lowest BCUT2D eigenvalue weighted by molar-refractivity contribution is 1.07. The highest BCUT2D eigenvalue weighted by molar-refractivity contribution is 6.11. The number of hydrogen-bond acceptors (Lipinski definition) is 0. The third-order valence-electron chi connectivity index (χ3n) is 10.0. The average Bonchev–Trinajstić information content (AvgIpc) is 3.73. The lowest BCUT2D eigenvalue weighted by Gasteiger charge is -2.10. The summed E-state index contributed by atoms with van der Waals surface area (Å²) in [7, 11) is 0. The average molecular weight is 671 g/mol. The molecule has 0 atom stereocenters. The standard InChI is InChI=1S/C48H36N2.C2H6/c1-3-41-42-31-37(24-27-46(42)50(45(41)4-2)40-22-14-19-35(29-40)33-15-8-5-9-16-33)38-25-28-48-44(32-38)43-30-36(34-17-10-6-11-18-34)23-26-47(43)49(48)39-20-12-7-13-21-39;1-2/h3-32H,1-2H3;1-2H3/b41-3-,45-4+;. The molecule has 2 aromatic heterocycles. The number of rotatable bonds is 5. The van der Waals surface area contributed by atoms with Crippen molar-refractivity contribution >= 4 is 44.9 Å². The van der Waals surface area contributed by atoms with Crippen molar-refractivity contribution in [3.63, 3.8) is 0 Å². The van der Waals surface area contributed by atoms with E-state index in [-0.39, 0.29) is 0 Å². The monoisotopic (exact) mass is 670 g/mol. The molecule has 0 unspecified atom stereocenters. The van der Waals surface area contributed by atoms with Crippen molar-refractivity contribution in [2.75, 3.05) is 0 Å². The predicted octanol–water partition coefficient (Wildman–Crippen LogP) is 12.4. The predicted molar refractivity (Wildman–Crippen MR) is 225 cm³/mol. The summed E-state index contributed by atoms with van der Waals surface area (Å²) in [6, 6.07) is 61.6. The van der Waals surface area contributed by atoms with Crippen LogP contribution in [0.1, 0.15) is 27.7 Å². The number of hydrogen-bond donors (Lipinski definition) is 0. The van der Waals surface area contributed by atoms with E-state index in [1.54, 1.807) is 0 Å². The van der Waals surface area contributed by atoms with Crippen molar-refractivity contribution in [2.45, 2.75) is 27.7 Å². The fourth-order valence-corrected chi connectivity index (χ4v) is 7.70. The van der Waals surface area contributed by atoms with E-state index in [0.717, 1.165) is 5.69 Å². The summed E-state index contributed by atoms with van der Waals surface area (Å²) in [5.74, 6) is 0. The molecule has 0 aliphatic carbocycles. The van der Waals surface area contributed by atoms with Crippen LogP contribution in [-0.4, -0.2) is 9.13 Å². The molecule has 0 saturated heterocycles. The first-order valence-corrected chi connectivity index (χ1v) is 18.3. The summed E-state index contributed by atoms with van der Waals surface area (Å²) in [6.07, 6.45) is 4.49. The molecule has 0 saturated carbocycles. The molecule has 0 radical (unpaired) electrons. The molecule has 0 aliphatic rings. The Hall–Kier alpha value is -6.38. The first-order chi connectivity index (χ1) is 25.7. The van der Waals surface area contributed by atoms with Gasteiger partial charge in [-0.05, 0) is 108 Å². The van der Waals surface area contributed by atoms with E-state index in [4.69, 9.17) is 0 Å². The van der Waals surface area contributed by atoms with Crippen LogP contribution in [0.5, 0.6) is 0 Å². The fraction of sp³-hybridized carbons (Fsp3) is 0.0800. The largest absolute Gasteiger partial charge is 0.310 e. The van der Waals surface area contributed by atoms with Gasteiger partial charge in [-0.15, -0.1) is 0 Å². The van der Waals surface area contributed by atoms with Crippen LogP contribution < -0.4 is 10.6 Å². The number of para-hydroxylation sites is 1. The van der Waals surface area contributed by atoms with Gasteiger partial charge in [0.05, 0.1) is 16.6 Å². The Morgan fingerprint density at radius 1 is 0.346 bits per heavy atom. The van der Waals surface area contributed by atoms with Crippen LogP contribution in [0.2, 0.25) is 0 Å². The molecule has 252 valence electrons. The summed E-state index contributed by atoms with van der Waals surface area (Å²) >= 11 is 0. The van der Waals surface area contributed by atoms with Gasteiger partial charge in [0.1, 0.15) is 0 Å². The van der Waals surface area contributed by atoms with Crippen molar-refractivity contribution in [2.24, 2.45) is 0 Å². The molecule has 0 spiro atoms. The zero-order chi connectivity index (χ0) is 35.6. The number of aromatic nitrogens is 2. The highest BCUT2D eigenvalue weighted by atomic mass is 15.0. The summed E-state index contributed by atoms with van der Waals surface area (Å²) < 4.78 is 4.80. The Labute approximate surface area is 305 Å². The Bertz CT molecular complexity index is 2800. The van der Waals surface area contributed by atoms with Gasteiger partial charge in [-0.25, -0.2) is 0 Å². The minimum absolute atomic E-state index is 1.16. The quantitative estimate of drug-likeness (QED) is 0.172. The molecule has 0 bridgehead atoms. The van der Waals surface area contributed by atoms with Gasteiger partial charge < -0.3 is 9.13 Å². The van der Waals surface area contributed by atoms with Crippen LogP contribution in [0.15, 0.2) is 170 Å². The normalized spacial score (nSPS) is 12.1. The molecular weight excluding hydrogens is 629 g/mol. The van der Waals surface area contributed by atoms with Crippen molar-refractivity contribution in [3.05, 3.63) is 180 Å². The van der Waals surface area contributed by atoms with Crippen molar-refractivity contribution < 1.29 is 0 Å². The zero-order valence-electron chi connectivity index (χ0n) is 30.2. The van der Waals surface area contributed by atoms with E-state index in [1.165, 1.54) is 82.3 Å². The van der Waals surface area contributed by atoms with Crippen LogP contribution in [0.25, 0.3) is 89.6 Å². The van der Waals surface area contributed by atoms with Crippen molar-refractivity contribution in [1.29, 1.82) is 0 Å². The zero-order valence-corrected chi connectivity index (χ0v) is 30.2. The molecule has 2 heteroatoms. The van der Waals surface area contributed by atoms with Crippen LogP contribution >= 0.6 is 0 Å². The molecule has 52 heavy (non-hydrogen) atoms. The van der Waals surface area contributed by atoms with E-state index in [9.17, 15) is 0 Å². The van der Waals surface area contributed by atoms with Crippen LogP contribution in [-0.2, 0) is 0 Å². The summed E-state index contributed by atoms with van der Waals surface area (Å²) in [6.45, 7) is 8.29. The van der Waals surface area contributed by atoms with Crippen molar-refractivity contribution in [1.82, 2.24) is 9.13 Å². The third kappa shape index (κ3) is 5.63. The molecule has 2 nitrogen and oxygen atoms in total. The molecule has 2 heterocycles. The molecular formula is C50H42N2. The number of nitrogens with zero attached hydrogens (tertiary/aromatic N) is 2. The maximum Gasteiger partial charge on any atom is 0.0541 e. The minimum Gasteiger partial charge on any atom is -0.310 e. The third-order valence-corrected chi connectivity index (χ3v) is 10.0. The summed E-state index contributed by atoms with van der Waals surface area (Å²) in [4.78, 5) is 0. The van der Waals surface area contributed by atoms with Gasteiger partial charge in [0.2, 0.25) is 0 Å². The fourth-order valence-electron chi connectivity index (χ4n) is 7.70. The van der Waals surface area contributed by atoms with Crippen LogP contribution in [0, 0.1) is 0 Å². The summed E-state index contributed by atoms with van der Waals surface area (Å²) in [5.41, 5.74) is 13.2. The molecule has 7 aromatic carbocycles. The first-order valence-electron chi connectivity index (χ1n) is 18.3. The molecule has 0 aliphatic heterocycles. The Morgan fingerprint density at radius 3 is 1.29 bits per heavy atom. The van der Waals surface area contributed by atoms with Gasteiger partial charge in [-0.1, -0.05) is 135 Å². The minimum atomic E-state index is 1.16. The highest BCUT2D eigenvalue weighted by Gasteiger charge is 2.16. The first kappa shape index (κ1) is 32.8. The number of benzene rings is 7. The Morgan fingerprint density at radius 2 is 0.769 bits per heavy atom. The lowest BCUT2D eigenvalue weighted by Crippen LogP contribution is -2.27. The van der Waals surface area contributed by atoms with Crippen LogP contribution in [0.3, 0.4) is 0 Å². The molecule has 9 rings (SSSR count). The SMILES string of the molecule is C/C=c1\c(=C/C)n(-c2cccc(-c3ccccc3)c2)c2ccc(-c3ccc4c(c3)c3cc(-c5ccccc5)ccc3n4-c3ccccc3)cc12.CC. The van der Waals surface area contributed by atoms with Gasteiger partial charge >= 0.3 is 0 Å². The molecule has 0 N–H and O–H groups in total. The van der Waals surface area contributed by atoms with E-state index in [0.29, 0.717) is 0 Å². The maximum absolute atomic E-state index is 2.41. The second-order valence-corrected chi connectivity index (χ2v) is 12.9. The van der Waals surface area contributed by atoms with Gasteiger partial charge in [-0.3, -0.25) is 0 Å². The van der Waals surface area contributed by atoms with Crippen LogP contribution in [0.4, 0.5) is 0 Å². The maximum atomic E-state index is 2.41. The second-order valence-electron chi connectivity index (χ2n) is 12.9. The Kier molecular flexibility index (Phi) is 8.89. The smallest absolute Gasteiger partial charge is 0.0541 e. The van der Waals surface area contributed by atoms with Crippen molar-refractivity contribution in [3.8, 4) is 44.8 Å². The van der Waals surface area contributed by atoms with Gasteiger partial charge in [-0.2, -0.15) is 0 Å². The molecule has 9 aromatic rings. The van der Waals surface area contributed by atoms with E-state index >= 15 is 0 Å². The Balaban J connectivity index is 0.00000190. The lowest BCUT2D eigenvalue weighted by atomic mass is 9.99. The summed E-state index contributed by atoms with van der Waals surface area (Å²) in [5, 5.41) is 6.22. The van der Waals surface area contributed by atoms with E-state index in [1.807, 2.05) is 13.8 Å². The molecule has 0 fully saturated rings. The van der Waals surface area contributed by atoms with E-state index in [2.05, 4.69) is 205 Å². The second kappa shape index (κ2) is 14.1. The van der Waals surface area contributed by atoms with E-state index < -0.39 is 0 Å². The highest BCUT2D eigenvalue weighted by Crippen LogP contribution is 2.37. The molecule has 0 amide bonds. The van der Waals surface area contributed by atoms with Gasteiger partial charge in [0.25, 0.3) is 0 Å². The van der Waals surface area contributed by atoms with Gasteiger partial charge in [0, 0.05) is 38.1 Å².